The van der Waals surface area contributed by atoms with E-state index in [4.69, 9.17) is 0 Å². The fraction of sp³-hybridized carbons (Fsp3) is 0.400. The lowest BCUT2D eigenvalue weighted by atomic mass is 9.82. The lowest BCUT2D eigenvalue weighted by molar-refractivity contribution is -0.124. The van der Waals surface area contributed by atoms with Crippen LogP contribution in [-0.2, 0) is 4.79 Å². The van der Waals surface area contributed by atoms with Crippen molar-refractivity contribution in [2.75, 3.05) is 0 Å². The number of hydrogen-bond donors (Lipinski definition) is 0. The molecule has 3 aliphatic carbocycles. The Hall–Kier alpha value is -1.37. The van der Waals surface area contributed by atoms with Gasteiger partial charge in [-0.05, 0) is 24.7 Å². The van der Waals surface area contributed by atoms with Gasteiger partial charge in [-0.1, -0.05) is 48.6 Å². The molecule has 4 atom stereocenters. The van der Waals surface area contributed by atoms with Crippen molar-refractivity contribution in [1.82, 2.24) is 0 Å². The molecule has 0 aliphatic heterocycles. The summed E-state index contributed by atoms with van der Waals surface area (Å²) in [6.07, 6.45) is 18.9. The SMILES string of the molecule is O=C1[C@H]2CC=CC=CC[C@@H]1C1C=CC=CC12. The van der Waals surface area contributed by atoms with Gasteiger partial charge in [0.05, 0.1) is 0 Å². The number of carbonyl (C=O) groups is 1. The molecule has 1 heteroatoms. The molecule has 3 rings (SSSR count). The maximum Gasteiger partial charge on any atom is 0.140 e. The van der Waals surface area contributed by atoms with Crippen molar-refractivity contribution in [2.24, 2.45) is 23.7 Å². The number of carbonyl (C=O) groups excluding carboxylic acids is 1. The van der Waals surface area contributed by atoms with E-state index in [2.05, 4.69) is 48.6 Å². The van der Waals surface area contributed by atoms with Crippen molar-refractivity contribution >= 4 is 5.78 Å². The van der Waals surface area contributed by atoms with Gasteiger partial charge in [-0.15, -0.1) is 0 Å². The summed E-state index contributed by atoms with van der Waals surface area (Å²) in [7, 11) is 0. The van der Waals surface area contributed by atoms with E-state index in [0.29, 0.717) is 17.6 Å². The lowest BCUT2D eigenvalue weighted by Crippen LogP contribution is -2.15. The first-order valence-electron chi connectivity index (χ1n) is 6.08. The minimum atomic E-state index is 0.215. The molecule has 0 saturated heterocycles. The number of rotatable bonds is 0. The molecule has 0 radical (unpaired) electrons. The zero-order chi connectivity index (χ0) is 11.0. The third-order valence-electron chi connectivity index (χ3n) is 4.05. The van der Waals surface area contributed by atoms with Crippen molar-refractivity contribution < 1.29 is 4.79 Å². The van der Waals surface area contributed by atoms with Crippen molar-refractivity contribution in [3.8, 4) is 0 Å². The van der Waals surface area contributed by atoms with Gasteiger partial charge in [0.15, 0.2) is 0 Å². The van der Waals surface area contributed by atoms with E-state index in [1.54, 1.807) is 0 Å². The van der Waals surface area contributed by atoms with Crippen LogP contribution in [0, 0.1) is 23.7 Å². The molecule has 0 aromatic carbocycles. The molecule has 16 heavy (non-hydrogen) atoms. The zero-order valence-electron chi connectivity index (χ0n) is 9.25. The van der Waals surface area contributed by atoms with Gasteiger partial charge in [-0.3, -0.25) is 4.79 Å². The fourth-order valence-corrected chi connectivity index (χ4v) is 3.25. The van der Waals surface area contributed by atoms with E-state index in [-0.39, 0.29) is 11.8 Å². The molecule has 0 aromatic heterocycles. The third-order valence-corrected chi connectivity index (χ3v) is 4.05. The van der Waals surface area contributed by atoms with Crippen molar-refractivity contribution in [2.45, 2.75) is 12.8 Å². The number of allylic oxidation sites excluding steroid dienone is 8. The smallest absolute Gasteiger partial charge is 0.140 e. The molecule has 2 unspecified atom stereocenters. The highest BCUT2D eigenvalue weighted by Crippen LogP contribution is 2.45. The first kappa shape index (κ1) is 9.83. The second-order valence-electron chi connectivity index (χ2n) is 4.87. The minimum Gasteiger partial charge on any atom is -0.299 e. The van der Waals surface area contributed by atoms with Gasteiger partial charge >= 0.3 is 0 Å². The lowest BCUT2D eigenvalue weighted by Gasteiger charge is -2.21. The average molecular weight is 212 g/mol. The van der Waals surface area contributed by atoms with Crippen LogP contribution in [0.2, 0.25) is 0 Å². The van der Waals surface area contributed by atoms with Gasteiger partial charge in [0.25, 0.3) is 0 Å². The Labute approximate surface area is 96.2 Å². The third kappa shape index (κ3) is 1.42. The molecule has 1 fully saturated rings. The van der Waals surface area contributed by atoms with E-state index in [1.807, 2.05) is 0 Å². The Kier molecular flexibility index (Phi) is 2.39. The van der Waals surface area contributed by atoms with Gasteiger partial charge in [0, 0.05) is 11.8 Å². The van der Waals surface area contributed by atoms with Crippen molar-refractivity contribution in [3.05, 3.63) is 48.6 Å². The molecule has 1 nitrogen and oxygen atoms in total. The standard InChI is InChI=1S/C15H16O/c16-15-13-9-3-1-2-4-10-14(15)12-8-6-5-7-11(12)13/h1-8,11-14H,9-10H2/t11?,12?,13-,14+. The Morgan fingerprint density at radius 2 is 1.31 bits per heavy atom. The molecule has 0 spiro atoms. The summed E-state index contributed by atoms with van der Waals surface area (Å²) in [4.78, 5) is 12.3. The summed E-state index contributed by atoms with van der Waals surface area (Å²) in [6, 6.07) is 0. The van der Waals surface area contributed by atoms with Crippen LogP contribution in [0.25, 0.3) is 0 Å². The van der Waals surface area contributed by atoms with E-state index in [1.165, 1.54) is 0 Å². The molecule has 0 N–H and O–H groups in total. The summed E-state index contributed by atoms with van der Waals surface area (Å²) in [5.41, 5.74) is 0. The van der Waals surface area contributed by atoms with Crippen LogP contribution in [0.3, 0.4) is 0 Å². The molecule has 3 aliphatic rings. The van der Waals surface area contributed by atoms with E-state index < -0.39 is 0 Å². The van der Waals surface area contributed by atoms with Crippen LogP contribution in [0.4, 0.5) is 0 Å². The number of hydrogen-bond acceptors (Lipinski definition) is 1. The highest BCUT2D eigenvalue weighted by Gasteiger charge is 2.46. The summed E-state index contributed by atoms with van der Waals surface area (Å²) in [5.74, 6) is 1.79. The molecular formula is C15H16O. The largest absolute Gasteiger partial charge is 0.299 e. The molecule has 0 aromatic rings. The normalized spacial score (nSPS) is 40.4. The monoisotopic (exact) mass is 212 g/mol. The van der Waals surface area contributed by atoms with Gasteiger partial charge in [0.2, 0.25) is 0 Å². The van der Waals surface area contributed by atoms with Crippen LogP contribution < -0.4 is 0 Å². The van der Waals surface area contributed by atoms with Crippen LogP contribution in [0.5, 0.6) is 0 Å². The van der Waals surface area contributed by atoms with Gasteiger partial charge in [-0.25, -0.2) is 0 Å². The van der Waals surface area contributed by atoms with E-state index >= 15 is 0 Å². The van der Waals surface area contributed by atoms with Crippen LogP contribution in [-0.4, -0.2) is 5.78 Å². The maximum absolute atomic E-state index is 12.3. The second-order valence-corrected chi connectivity index (χ2v) is 4.87. The van der Waals surface area contributed by atoms with Crippen LogP contribution >= 0.6 is 0 Å². The van der Waals surface area contributed by atoms with E-state index in [9.17, 15) is 4.79 Å². The quantitative estimate of drug-likeness (QED) is 0.603. The molecule has 0 heterocycles. The first-order chi connectivity index (χ1) is 7.88. The molecule has 1 saturated carbocycles. The predicted molar refractivity (Wildman–Crippen MR) is 64.8 cm³/mol. The fourth-order valence-electron chi connectivity index (χ4n) is 3.25. The maximum atomic E-state index is 12.3. The number of ketones is 1. The minimum absolute atomic E-state index is 0.215. The summed E-state index contributed by atoms with van der Waals surface area (Å²) in [6.45, 7) is 0. The summed E-state index contributed by atoms with van der Waals surface area (Å²) < 4.78 is 0. The van der Waals surface area contributed by atoms with Crippen molar-refractivity contribution in [1.29, 1.82) is 0 Å². The Morgan fingerprint density at radius 1 is 0.812 bits per heavy atom. The Bertz CT molecular complexity index is 373. The van der Waals surface area contributed by atoms with Crippen molar-refractivity contribution in [3.63, 3.8) is 0 Å². The number of fused-ring (bicyclic) bond motifs is 5. The molecule has 2 bridgehead atoms. The van der Waals surface area contributed by atoms with Crippen LogP contribution in [0.15, 0.2) is 48.6 Å². The highest BCUT2D eigenvalue weighted by molar-refractivity contribution is 5.87. The Balaban J connectivity index is 1.99. The summed E-state index contributed by atoms with van der Waals surface area (Å²) in [5, 5.41) is 0. The van der Waals surface area contributed by atoms with Crippen LogP contribution in [0.1, 0.15) is 12.8 Å². The highest BCUT2D eigenvalue weighted by atomic mass is 16.1. The van der Waals surface area contributed by atoms with Gasteiger partial charge in [-0.2, -0.15) is 0 Å². The topological polar surface area (TPSA) is 17.1 Å². The first-order valence-corrected chi connectivity index (χ1v) is 6.08. The molecule has 0 amide bonds. The zero-order valence-corrected chi connectivity index (χ0v) is 9.25. The second kappa shape index (κ2) is 3.89. The number of Topliss-reactive ketones (excluding diaryl/α,β-unsaturated/α-hetero) is 1. The predicted octanol–water partition coefficient (Wildman–Crippen LogP) is 3.07. The summed E-state index contributed by atoms with van der Waals surface area (Å²) >= 11 is 0. The molecular weight excluding hydrogens is 196 g/mol. The Morgan fingerprint density at radius 3 is 1.81 bits per heavy atom. The van der Waals surface area contributed by atoms with Gasteiger partial charge in [0.1, 0.15) is 5.78 Å². The van der Waals surface area contributed by atoms with Gasteiger partial charge < -0.3 is 0 Å². The van der Waals surface area contributed by atoms with E-state index in [0.717, 1.165) is 12.8 Å². The average Bonchev–Trinajstić information content (AvgIpc) is 2.63. The molecule has 82 valence electrons.